The zero-order valence-electron chi connectivity index (χ0n) is 10.3. The van der Waals surface area contributed by atoms with Gasteiger partial charge in [-0.2, -0.15) is 0 Å². The van der Waals surface area contributed by atoms with Gasteiger partial charge in [-0.25, -0.2) is 4.98 Å². The summed E-state index contributed by atoms with van der Waals surface area (Å²) in [5.41, 5.74) is 2.86. The second-order valence-corrected chi connectivity index (χ2v) is 4.35. The maximum atomic E-state index is 11.2. The summed E-state index contributed by atoms with van der Waals surface area (Å²) in [6.07, 6.45) is 3.44. The molecule has 3 N–H and O–H groups in total. The number of fused-ring (bicyclic) bond motifs is 1. The Morgan fingerprint density at radius 2 is 2.32 bits per heavy atom. The van der Waals surface area contributed by atoms with Gasteiger partial charge in [0.05, 0.1) is 12.0 Å². The monoisotopic (exact) mass is 258 g/mol. The minimum Gasteiger partial charge on any atom is -0.482 e. The van der Waals surface area contributed by atoms with Crippen molar-refractivity contribution in [3.8, 4) is 5.75 Å². The molecule has 3 rings (SSSR count). The van der Waals surface area contributed by atoms with Gasteiger partial charge in [0.25, 0.3) is 5.91 Å². The van der Waals surface area contributed by atoms with Crippen LogP contribution in [0.4, 0.5) is 5.69 Å². The van der Waals surface area contributed by atoms with Gasteiger partial charge in [-0.3, -0.25) is 4.79 Å². The van der Waals surface area contributed by atoms with Crippen molar-refractivity contribution in [1.29, 1.82) is 0 Å². The lowest BCUT2D eigenvalue weighted by Gasteiger charge is -2.18. The number of hydrogen-bond donors (Lipinski definition) is 3. The molecule has 0 bridgehead atoms. The zero-order chi connectivity index (χ0) is 13.1. The number of ether oxygens (including phenoxy) is 1. The smallest absolute Gasteiger partial charge is 0.262 e. The molecule has 0 unspecified atom stereocenters. The first-order chi connectivity index (χ1) is 9.31. The van der Waals surface area contributed by atoms with Crippen LogP contribution in [0.5, 0.6) is 5.75 Å². The number of nitrogens with one attached hydrogen (secondary N) is 3. The molecule has 6 heteroatoms. The van der Waals surface area contributed by atoms with E-state index in [9.17, 15) is 4.79 Å². The molecule has 98 valence electrons. The SMILES string of the molecule is O=C1COc2ccc(CNCc3cnc[nH]3)cc2N1. The van der Waals surface area contributed by atoms with Crippen molar-refractivity contribution in [3.63, 3.8) is 0 Å². The van der Waals surface area contributed by atoms with E-state index in [-0.39, 0.29) is 12.5 Å². The van der Waals surface area contributed by atoms with Crippen LogP contribution in [0.3, 0.4) is 0 Å². The summed E-state index contributed by atoms with van der Waals surface area (Å²) in [5, 5.41) is 6.09. The number of benzene rings is 1. The van der Waals surface area contributed by atoms with Crippen molar-refractivity contribution < 1.29 is 9.53 Å². The standard InChI is InChI=1S/C13H14N4O2/c18-13-7-19-12-2-1-9(3-11(12)17-13)4-14-5-10-6-15-8-16-10/h1-3,6,8,14H,4-5,7H2,(H,15,16)(H,17,18). The number of carbonyl (C=O) groups excluding carboxylic acids is 1. The Hall–Kier alpha value is -2.34. The number of anilines is 1. The normalized spacial score (nSPS) is 13.6. The molecule has 6 nitrogen and oxygen atoms in total. The Balaban J connectivity index is 1.62. The van der Waals surface area contributed by atoms with Crippen LogP contribution in [0, 0.1) is 0 Å². The predicted molar refractivity (Wildman–Crippen MR) is 69.7 cm³/mol. The highest BCUT2D eigenvalue weighted by Gasteiger charge is 2.15. The topological polar surface area (TPSA) is 79.0 Å². The first kappa shape index (κ1) is 11.7. The molecule has 1 aliphatic heterocycles. The van der Waals surface area contributed by atoms with E-state index in [1.807, 2.05) is 18.2 Å². The highest BCUT2D eigenvalue weighted by molar-refractivity contribution is 5.95. The van der Waals surface area contributed by atoms with E-state index in [0.29, 0.717) is 6.54 Å². The van der Waals surface area contributed by atoms with Crippen LogP contribution in [0.2, 0.25) is 0 Å². The molecule has 19 heavy (non-hydrogen) atoms. The van der Waals surface area contributed by atoms with Gasteiger partial charge in [-0.05, 0) is 17.7 Å². The number of aromatic amines is 1. The number of rotatable bonds is 4. The molecule has 1 aromatic heterocycles. The van der Waals surface area contributed by atoms with Gasteiger partial charge in [0, 0.05) is 25.0 Å². The Morgan fingerprint density at radius 1 is 1.37 bits per heavy atom. The maximum absolute atomic E-state index is 11.2. The van der Waals surface area contributed by atoms with Crippen LogP contribution >= 0.6 is 0 Å². The van der Waals surface area contributed by atoms with Crippen molar-refractivity contribution in [2.24, 2.45) is 0 Å². The number of aromatic nitrogens is 2. The largest absolute Gasteiger partial charge is 0.482 e. The van der Waals surface area contributed by atoms with E-state index in [4.69, 9.17) is 4.74 Å². The molecule has 0 atom stereocenters. The van der Waals surface area contributed by atoms with E-state index in [0.717, 1.165) is 29.2 Å². The number of hydrogen-bond acceptors (Lipinski definition) is 4. The van der Waals surface area contributed by atoms with Crippen LogP contribution in [0.1, 0.15) is 11.3 Å². The number of imidazole rings is 1. The number of nitrogens with zero attached hydrogens (tertiary/aromatic N) is 1. The Bertz CT molecular complexity index is 580. The number of carbonyl (C=O) groups is 1. The molecule has 2 aromatic rings. The van der Waals surface area contributed by atoms with E-state index >= 15 is 0 Å². The summed E-state index contributed by atoms with van der Waals surface area (Å²) in [4.78, 5) is 18.2. The Labute approximate surface area is 110 Å². The average molecular weight is 258 g/mol. The summed E-state index contributed by atoms with van der Waals surface area (Å²) in [6.45, 7) is 1.52. The molecule has 0 aliphatic carbocycles. The second kappa shape index (κ2) is 5.11. The van der Waals surface area contributed by atoms with E-state index in [2.05, 4.69) is 20.6 Å². The van der Waals surface area contributed by atoms with Gasteiger partial charge in [-0.1, -0.05) is 6.07 Å². The molecule has 0 radical (unpaired) electrons. The first-order valence-electron chi connectivity index (χ1n) is 6.05. The first-order valence-corrected chi connectivity index (χ1v) is 6.05. The van der Waals surface area contributed by atoms with Gasteiger partial charge in [0.1, 0.15) is 5.75 Å². The highest BCUT2D eigenvalue weighted by Crippen LogP contribution is 2.28. The lowest BCUT2D eigenvalue weighted by Crippen LogP contribution is -2.25. The van der Waals surface area contributed by atoms with Gasteiger partial charge in [0.2, 0.25) is 0 Å². The molecule has 1 aliphatic rings. The lowest BCUT2D eigenvalue weighted by molar-refractivity contribution is -0.118. The van der Waals surface area contributed by atoms with Gasteiger partial charge >= 0.3 is 0 Å². The van der Waals surface area contributed by atoms with E-state index in [1.165, 1.54) is 0 Å². The maximum Gasteiger partial charge on any atom is 0.262 e. The minimum atomic E-state index is -0.116. The molecular weight excluding hydrogens is 244 g/mol. The van der Waals surface area contributed by atoms with Crippen molar-refractivity contribution in [2.45, 2.75) is 13.1 Å². The minimum absolute atomic E-state index is 0.0877. The van der Waals surface area contributed by atoms with E-state index < -0.39 is 0 Å². The summed E-state index contributed by atoms with van der Waals surface area (Å²) < 4.78 is 5.31. The molecular formula is C13H14N4O2. The van der Waals surface area contributed by atoms with Crippen molar-refractivity contribution in [3.05, 3.63) is 42.0 Å². The molecule has 2 heterocycles. The number of amides is 1. The fraction of sp³-hybridized carbons (Fsp3) is 0.231. The number of H-pyrrole nitrogens is 1. The van der Waals surface area contributed by atoms with Crippen molar-refractivity contribution in [2.75, 3.05) is 11.9 Å². The zero-order valence-corrected chi connectivity index (χ0v) is 10.3. The highest BCUT2D eigenvalue weighted by atomic mass is 16.5. The van der Waals surface area contributed by atoms with Gasteiger partial charge in [0.15, 0.2) is 6.61 Å². The third-order valence-electron chi connectivity index (χ3n) is 2.88. The average Bonchev–Trinajstić information content (AvgIpc) is 2.91. The van der Waals surface area contributed by atoms with Crippen LogP contribution in [0.15, 0.2) is 30.7 Å². The molecule has 0 spiro atoms. The molecule has 1 amide bonds. The van der Waals surface area contributed by atoms with Crippen LogP contribution in [0.25, 0.3) is 0 Å². The molecule has 0 saturated carbocycles. The van der Waals surface area contributed by atoms with Crippen LogP contribution < -0.4 is 15.4 Å². The van der Waals surface area contributed by atoms with Gasteiger partial charge in [-0.15, -0.1) is 0 Å². The van der Waals surface area contributed by atoms with Crippen molar-refractivity contribution >= 4 is 11.6 Å². The van der Waals surface area contributed by atoms with E-state index in [1.54, 1.807) is 12.5 Å². The van der Waals surface area contributed by atoms with Crippen LogP contribution in [-0.4, -0.2) is 22.5 Å². The third-order valence-corrected chi connectivity index (χ3v) is 2.88. The van der Waals surface area contributed by atoms with Gasteiger partial charge < -0.3 is 20.4 Å². The third kappa shape index (κ3) is 2.74. The predicted octanol–water partition coefficient (Wildman–Crippen LogP) is 1.03. The van der Waals surface area contributed by atoms with Crippen LogP contribution in [-0.2, 0) is 17.9 Å². The Morgan fingerprint density at radius 3 is 3.16 bits per heavy atom. The van der Waals surface area contributed by atoms with Crippen molar-refractivity contribution in [1.82, 2.24) is 15.3 Å². The fourth-order valence-electron chi connectivity index (χ4n) is 1.96. The fourth-order valence-corrected chi connectivity index (χ4v) is 1.96. The molecule has 0 saturated heterocycles. The summed E-state index contributed by atoms with van der Waals surface area (Å²) in [6, 6.07) is 5.78. The summed E-state index contributed by atoms with van der Waals surface area (Å²) in [5.74, 6) is 0.604. The second-order valence-electron chi connectivity index (χ2n) is 4.35. The summed E-state index contributed by atoms with van der Waals surface area (Å²) >= 11 is 0. The molecule has 1 aromatic carbocycles. The quantitative estimate of drug-likeness (QED) is 0.765. The lowest BCUT2D eigenvalue weighted by atomic mass is 10.1. The molecule has 0 fully saturated rings. The Kier molecular flexibility index (Phi) is 3.16. The summed E-state index contributed by atoms with van der Waals surface area (Å²) in [7, 11) is 0.